The fraction of sp³-hybridized carbons (Fsp3) is 0.111. The van der Waals surface area contributed by atoms with Crippen molar-refractivity contribution in [1.82, 2.24) is 9.78 Å². The van der Waals surface area contributed by atoms with Gasteiger partial charge in [-0.05, 0) is 37.3 Å². The summed E-state index contributed by atoms with van der Waals surface area (Å²) in [5, 5.41) is 6.80. The first kappa shape index (κ1) is 17.2. The van der Waals surface area contributed by atoms with E-state index in [2.05, 4.69) is 10.4 Å². The van der Waals surface area contributed by atoms with Crippen LogP contribution in [-0.4, -0.2) is 21.6 Å². The Labute approximate surface area is 148 Å². The van der Waals surface area contributed by atoms with Crippen molar-refractivity contribution in [2.24, 2.45) is 5.73 Å². The zero-order valence-corrected chi connectivity index (χ0v) is 13.9. The Hall–Kier alpha value is -3.68. The van der Waals surface area contributed by atoms with Gasteiger partial charge in [0.05, 0.1) is 17.5 Å². The fourth-order valence-electron chi connectivity index (χ4n) is 2.41. The number of nitrogens with one attached hydrogen (secondary N) is 1. The van der Waals surface area contributed by atoms with Gasteiger partial charge in [0.2, 0.25) is 5.91 Å². The molecule has 0 radical (unpaired) electrons. The zero-order chi connectivity index (χ0) is 18.7. The first-order valence-electron chi connectivity index (χ1n) is 7.81. The maximum Gasteiger partial charge on any atom is 0.267 e. The number of hydrogen-bond acceptors (Lipinski definition) is 5. The lowest BCUT2D eigenvalue weighted by Gasteiger charge is -2.15. The highest BCUT2D eigenvalue weighted by Gasteiger charge is 2.20. The molecule has 1 unspecified atom stereocenters. The number of anilines is 1. The van der Waals surface area contributed by atoms with E-state index in [0.717, 1.165) is 4.68 Å². The molecule has 3 aromatic rings. The number of para-hydroxylation sites is 1. The number of hydrogen-bond donors (Lipinski definition) is 2. The molecule has 0 bridgehead atoms. The third-order valence-corrected chi connectivity index (χ3v) is 3.80. The largest absolute Gasteiger partial charge is 0.463 e. The highest BCUT2D eigenvalue weighted by Crippen LogP contribution is 2.18. The minimum Gasteiger partial charge on any atom is -0.463 e. The monoisotopic (exact) mass is 352 g/mol. The molecule has 0 aliphatic carbocycles. The summed E-state index contributed by atoms with van der Waals surface area (Å²) in [5.41, 5.74) is 5.74. The SMILES string of the molecule is CC(C(=O)Nc1ccccc1C(N)=O)n1nc(-c2ccco2)ccc1=O. The summed E-state index contributed by atoms with van der Waals surface area (Å²) in [6.45, 7) is 1.53. The van der Waals surface area contributed by atoms with Gasteiger partial charge in [0.1, 0.15) is 11.7 Å². The molecule has 0 aliphatic heterocycles. The molecule has 0 aliphatic rings. The second-order valence-electron chi connectivity index (χ2n) is 5.55. The van der Waals surface area contributed by atoms with Gasteiger partial charge in [-0.2, -0.15) is 5.10 Å². The molecular formula is C18H16N4O4. The zero-order valence-electron chi connectivity index (χ0n) is 13.9. The van der Waals surface area contributed by atoms with Crippen LogP contribution in [0.2, 0.25) is 0 Å². The van der Waals surface area contributed by atoms with Crippen LogP contribution < -0.4 is 16.6 Å². The average Bonchev–Trinajstić information content (AvgIpc) is 3.16. The Balaban J connectivity index is 1.89. The summed E-state index contributed by atoms with van der Waals surface area (Å²) in [6.07, 6.45) is 1.49. The van der Waals surface area contributed by atoms with Crippen molar-refractivity contribution in [3.63, 3.8) is 0 Å². The molecule has 0 fully saturated rings. The van der Waals surface area contributed by atoms with E-state index < -0.39 is 23.4 Å². The van der Waals surface area contributed by atoms with Crippen molar-refractivity contribution in [3.8, 4) is 11.5 Å². The van der Waals surface area contributed by atoms with E-state index in [0.29, 0.717) is 11.5 Å². The van der Waals surface area contributed by atoms with Crippen molar-refractivity contribution in [3.05, 3.63) is 70.7 Å². The van der Waals surface area contributed by atoms with Crippen LogP contribution in [0.15, 0.2) is 64.0 Å². The van der Waals surface area contributed by atoms with Gasteiger partial charge in [-0.25, -0.2) is 4.68 Å². The third-order valence-electron chi connectivity index (χ3n) is 3.80. The molecule has 132 valence electrons. The summed E-state index contributed by atoms with van der Waals surface area (Å²) >= 11 is 0. The van der Waals surface area contributed by atoms with Gasteiger partial charge in [-0.3, -0.25) is 14.4 Å². The molecule has 1 atom stereocenters. The summed E-state index contributed by atoms with van der Waals surface area (Å²) in [5.74, 6) is -0.695. The Kier molecular flexibility index (Phi) is 4.66. The molecule has 2 aromatic heterocycles. The molecule has 0 spiro atoms. The summed E-state index contributed by atoms with van der Waals surface area (Å²) in [6, 6.07) is 11.7. The number of carbonyl (C=O) groups excluding carboxylic acids is 2. The molecular weight excluding hydrogens is 336 g/mol. The van der Waals surface area contributed by atoms with E-state index in [1.807, 2.05) is 0 Å². The Morgan fingerprint density at radius 3 is 2.62 bits per heavy atom. The van der Waals surface area contributed by atoms with Crippen LogP contribution in [-0.2, 0) is 4.79 Å². The molecule has 1 aromatic carbocycles. The Morgan fingerprint density at radius 2 is 1.92 bits per heavy atom. The van der Waals surface area contributed by atoms with Crippen LogP contribution in [0.25, 0.3) is 11.5 Å². The summed E-state index contributed by atoms with van der Waals surface area (Å²) in [4.78, 5) is 36.1. The molecule has 0 saturated heterocycles. The lowest BCUT2D eigenvalue weighted by Crippen LogP contribution is -2.33. The number of furan rings is 1. The van der Waals surface area contributed by atoms with Crippen molar-refractivity contribution in [2.45, 2.75) is 13.0 Å². The number of nitrogens with two attached hydrogens (primary N) is 1. The normalized spacial score (nSPS) is 11.7. The molecule has 8 nitrogen and oxygen atoms in total. The van der Waals surface area contributed by atoms with Gasteiger partial charge in [0.25, 0.3) is 11.5 Å². The van der Waals surface area contributed by atoms with Crippen molar-refractivity contribution in [2.75, 3.05) is 5.32 Å². The molecule has 2 amide bonds. The summed E-state index contributed by atoms with van der Waals surface area (Å²) in [7, 11) is 0. The number of nitrogens with zero attached hydrogens (tertiary/aromatic N) is 2. The van der Waals surface area contributed by atoms with Gasteiger partial charge in [-0.1, -0.05) is 12.1 Å². The quantitative estimate of drug-likeness (QED) is 0.725. The Morgan fingerprint density at radius 1 is 1.15 bits per heavy atom. The van der Waals surface area contributed by atoms with E-state index in [1.54, 1.807) is 30.3 Å². The van der Waals surface area contributed by atoms with Crippen LogP contribution in [0, 0.1) is 0 Å². The second kappa shape index (κ2) is 7.06. The molecule has 2 heterocycles. The Bertz CT molecular complexity index is 1010. The van der Waals surface area contributed by atoms with E-state index in [-0.39, 0.29) is 11.3 Å². The first-order chi connectivity index (χ1) is 12.5. The number of amides is 2. The lowest BCUT2D eigenvalue weighted by molar-refractivity contribution is -0.119. The molecule has 3 rings (SSSR count). The number of rotatable bonds is 5. The average molecular weight is 352 g/mol. The van der Waals surface area contributed by atoms with Crippen LogP contribution in [0.5, 0.6) is 0 Å². The lowest BCUT2D eigenvalue weighted by atomic mass is 10.1. The van der Waals surface area contributed by atoms with Gasteiger partial charge >= 0.3 is 0 Å². The van der Waals surface area contributed by atoms with Gasteiger partial charge < -0.3 is 15.5 Å². The smallest absolute Gasteiger partial charge is 0.267 e. The fourth-order valence-corrected chi connectivity index (χ4v) is 2.41. The second-order valence-corrected chi connectivity index (χ2v) is 5.55. The molecule has 26 heavy (non-hydrogen) atoms. The first-order valence-corrected chi connectivity index (χ1v) is 7.81. The van der Waals surface area contributed by atoms with Crippen molar-refractivity contribution in [1.29, 1.82) is 0 Å². The van der Waals surface area contributed by atoms with E-state index in [1.165, 1.54) is 31.4 Å². The number of primary amides is 1. The van der Waals surface area contributed by atoms with Crippen molar-refractivity contribution >= 4 is 17.5 Å². The maximum absolute atomic E-state index is 12.6. The predicted molar refractivity (Wildman–Crippen MR) is 94.5 cm³/mol. The maximum atomic E-state index is 12.6. The number of carbonyl (C=O) groups is 2. The minimum atomic E-state index is -0.918. The van der Waals surface area contributed by atoms with Gasteiger partial charge in [0, 0.05) is 6.07 Å². The van der Waals surface area contributed by atoms with Gasteiger partial charge in [0.15, 0.2) is 5.76 Å². The number of aromatic nitrogens is 2. The topological polar surface area (TPSA) is 120 Å². The third kappa shape index (κ3) is 3.39. The van der Waals surface area contributed by atoms with Crippen LogP contribution in [0.1, 0.15) is 23.3 Å². The van der Waals surface area contributed by atoms with E-state index in [9.17, 15) is 14.4 Å². The highest BCUT2D eigenvalue weighted by atomic mass is 16.3. The highest BCUT2D eigenvalue weighted by molar-refractivity contribution is 6.03. The molecule has 0 saturated carbocycles. The van der Waals surface area contributed by atoms with Gasteiger partial charge in [-0.15, -0.1) is 0 Å². The van der Waals surface area contributed by atoms with Crippen LogP contribution in [0.3, 0.4) is 0 Å². The van der Waals surface area contributed by atoms with Crippen LogP contribution in [0.4, 0.5) is 5.69 Å². The summed E-state index contributed by atoms with van der Waals surface area (Å²) < 4.78 is 6.32. The van der Waals surface area contributed by atoms with Crippen molar-refractivity contribution < 1.29 is 14.0 Å². The minimum absolute atomic E-state index is 0.178. The number of benzene rings is 1. The van der Waals surface area contributed by atoms with E-state index in [4.69, 9.17) is 10.2 Å². The molecule has 8 heteroatoms. The standard InChI is InChI=1S/C18H16N4O4/c1-11(18(25)20-13-6-3-2-5-12(13)17(19)24)22-16(23)9-8-14(21-22)15-7-4-10-26-15/h2-11H,1H3,(H2,19,24)(H,20,25). The molecule has 3 N–H and O–H groups in total. The van der Waals surface area contributed by atoms with Crippen LogP contribution >= 0.6 is 0 Å². The predicted octanol–water partition coefficient (Wildman–Crippen LogP) is 1.80. The van der Waals surface area contributed by atoms with E-state index >= 15 is 0 Å².